The zero-order valence-electron chi connectivity index (χ0n) is 10.6. The summed E-state index contributed by atoms with van der Waals surface area (Å²) < 4.78 is 32.9. The zero-order valence-corrected chi connectivity index (χ0v) is 13.0. The first-order valence-electron chi connectivity index (χ1n) is 5.76. The largest absolute Gasteiger partial charge is 0.451 e. The Labute approximate surface area is 121 Å². The molecule has 1 aromatic heterocycles. The molecule has 2 aromatic rings. The molecule has 0 radical (unpaired) electrons. The van der Waals surface area contributed by atoms with Crippen molar-refractivity contribution >= 4 is 26.0 Å². The second-order valence-electron chi connectivity index (χ2n) is 4.40. The van der Waals surface area contributed by atoms with Gasteiger partial charge in [-0.25, -0.2) is 13.1 Å². The molecule has 1 heterocycles. The molecule has 6 heteroatoms. The monoisotopic (exact) mass is 343 g/mol. The van der Waals surface area contributed by atoms with Crippen LogP contribution in [0.3, 0.4) is 0 Å². The number of hydrogen-bond donors (Lipinski definition) is 1. The summed E-state index contributed by atoms with van der Waals surface area (Å²) in [6, 6.07) is 8.85. The molecular formula is C13H14BrNO3S. The number of nitrogens with one attached hydrogen (secondary N) is 1. The highest BCUT2D eigenvalue weighted by Crippen LogP contribution is 2.29. The van der Waals surface area contributed by atoms with E-state index in [1.54, 1.807) is 19.9 Å². The third-order valence-electron chi connectivity index (χ3n) is 2.42. The van der Waals surface area contributed by atoms with Gasteiger partial charge in [-0.3, -0.25) is 0 Å². The van der Waals surface area contributed by atoms with Crippen molar-refractivity contribution in [3.05, 3.63) is 41.1 Å². The van der Waals surface area contributed by atoms with Crippen molar-refractivity contribution < 1.29 is 12.8 Å². The number of benzene rings is 1. The molecule has 1 aromatic carbocycles. The first kappa shape index (κ1) is 14.3. The molecule has 4 nitrogen and oxygen atoms in total. The number of rotatable bonds is 4. The molecule has 19 heavy (non-hydrogen) atoms. The normalized spacial score (nSPS) is 12.0. The Morgan fingerprint density at radius 3 is 2.37 bits per heavy atom. The lowest BCUT2D eigenvalue weighted by Gasteiger charge is -2.09. The van der Waals surface area contributed by atoms with Crippen LogP contribution in [0, 0.1) is 0 Å². The van der Waals surface area contributed by atoms with Gasteiger partial charge in [0.05, 0.1) is 6.26 Å². The molecule has 0 bridgehead atoms. The molecule has 2 rings (SSSR count). The number of hydrogen-bond acceptors (Lipinski definition) is 3. The second-order valence-corrected chi connectivity index (χ2v) is 6.93. The van der Waals surface area contributed by atoms with Crippen LogP contribution in [0.25, 0.3) is 11.1 Å². The molecule has 0 spiro atoms. The van der Waals surface area contributed by atoms with Crippen molar-refractivity contribution in [1.82, 2.24) is 4.72 Å². The summed E-state index contributed by atoms with van der Waals surface area (Å²) >= 11 is 3.35. The van der Waals surface area contributed by atoms with Crippen LogP contribution in [-0.2, 0) is 10.0 Å². The highest BCUT2D eigenvalue weighted by atomic mass is 79.9. The highest BCUT2D eigenvalue weighted by Gasteiger charge is 2.23. The van der Waals surface area contributed by atoms with Crippen molar-refractivity contribution in [3.63, 3.8) is 0 Å². The summed E-state index contributed by atoms with van der Waals surface area (Å²) in [6.07, 6.45) is 1.38. The van der Waals surface area contributed by atoms with Gasteiger partial charge >= 0.3 is 0 Å². The van der Waals surface area contributed by atoms with E-state index in [1.165, 1.54) is 6.26 Å². The third kappa shape index (κ3) is 3.26. The summed E-state index contributed by atoms with van der Waals surface area (Å²) in [7, 11) is -3.63. The van der Waals surface area contributed by atoms with Gasteiger partial charge in [0.2, 0.25) is 5.09 Å². The van der Waals surface area contributed by atoms with E-state index in [1.807, 2.05) is 24.3 Å². The van der Waals surface area contributed by atoms with Gasteiger partial charge in [-0.15, -0.1) is 0 Å². The van der Waals surface area contributed by atoms with E-state index in [-0.39, 0.29) is 11.1 Å². The van der Waals surface area contributed by atoms with E-state index >= 15 is 0 Å². The lowest BCUT2D eigenvalue weighted by atomic mass is 10.1. The molecule has 0 saturated heterocycles. The number of furan rings is 1. The van der Waals surface area contributed by atoms with Crippen LogP contribution in [0.4, 0.5) is 0 Å². The molecule has 0 aliphatic heterocycles. The van der Waals surface area contributed by atoms with Crippen LogP contribution in [0.1, 0.15) is 13.8 Å². The lowest BCUT2D eigenvalue weighted by Crippen LogP contribution is -2.30. The highest BCUT2D eigenvalue weighted by molar-refractivity contribution is 9.10. The zero-order chi connectivity index (χ0) is 14.0. The fraction of sp³-hybridized carbons (Fsp3) is 0.231. The number of sulfonamides is 1. The van der Waals surface area contributed by atoms with Gasteiger partial charge in [0, 0.05) is 16.1 Å². The van der Waals surface area contributed by atoms with Gasteiger partial charge < -0.3 is 4.42 Å². The topological polar surface area (TPSA) is 59.3 Å². The molecule has 0 fully saturated rings. The summed E-state index contributed by atoms with van der Waals surface area (Å²) in [4.78, 5) is 0. The van der Waals surface area contributed by atoms with E-state index in [4.69, 9.17) is 4.42 Å². The standard InChI is InChI=1S/C13H14BrNO3S/c1-9(2)15-19(16,17)13-12(7-8-18-13)10-3-5-11(14)6-4-10/h3-9,15H,1-2H3. The van der Waals surface area contributed by atoms with Crippen molar-refractivity contribution in [2.45, 2.75) is 25.0 Å². The van der Waals surface area contributed by atoms with Crippen molar-refractivity contribution in [3.8, 4) is 11.1 Å². The molecule has 1 N–H and O–H groups in total. The average molecular weight is 344 g/mol. The summed E-state index contributed by atoms with van der Waals surface area (Å²) in [6.45, 7) is 3.53. The predicted octanol–water partition coefficient (Wildman–Crippen LogP) is 3.40. The molecule has 0 atom stereocenters. The van der Waals surface area contributed by atoms with Crippen LogP contribution in [0.2, 0.25) is 0 Å². The Hall–Kier alpha value is -1.11. The van der Waals surface area contributed by atoms with Gasteiger partial charge in [-0.1, -0.05) is 28.1 Å². The first-order valence-corrected chi connectivity index (χ1v) is 8.03. The smallest absolute Gasteiger partial charge is 0.274 e. The molecule has 0 aliphatic rings. The van der Waals surface area contributed by atoms with E-state index in [0.717, 1.165) is 10.0 Å². The van der Waals surface area contributed by atoms with Crippen molar-refractivity contribution in [2.24, 2.45) is 0 Å². The van der Waals surface area contributed by atoms with Gasteiger partial charge in [-0.05, 0) is 37.6 Å². The molecule has 0 saturated carbocycles. The van der Waals surface area contributed by atoms with E-state index in [2.05, 4.69) is 20.7 Å². The summed E-state index contributed by atoms with van der Waals surface area (Å²) in [5.74, 6) is 0. The molecule has 0 amide bonds. The SMILES string of the molecule is CC(C)NS(=O)(=O)c1occc1-c1ccc(Br)cc1. The molecule has 0 unspecified atom stereocenters. The Morgan fingerprint density at radius 1 is 1.16 bits per heavy atom. The Balaban J connectivity index is 2.46. The quantitative estimate of drug-likeness (QED) is 0.925. The predicted molar refractivity (Wildman–Crippen MR) is 77.3 cm³/mol. The Kier molecular flexibility index (Phi) is 4.13. The summed E-state index contributed by atoms with van der Waals surface area (Å²) in [5, 5.41) is -0.0523. The maximum absolute atomic E-state index is 12.2. The minimum atomic E-state index is -3.63. The van der Waals surface area contributed by atoms with Crippen LogP contribution in [0.15, 0.2) is 50.6 Å². The van der Waals surface area contributed by atoms with Gasteiger partial charge in [-0.2, -0.15) is 0 Å². The molecule has 102 valence electrons. The van der Waals surface area contributed by atoms with Crippen LogP contribution < -0.4 is 4.72 Å². The van der Waals surface area contributed by atoms with Gasteiger partial charge in [0.15, 0.2) is 0 Å². The second kappa shape index (κ2) is 5.48. The van der Waals surface area contributed by atoms with Crippen LogP contribution >= 0.6 is 15.9 Å². The maximum atomic E-state index is 12.2. The fourth-order valence-electron chi connectivity index (χ4n) is 1.71. The number of halogens is 1. The summed E-state index contributed by atoms with van der Waals surface area (Å²) in [5.41, 5.74) is 1.35. The van der Waals surface area contributed by atoms with E-state index < -0.39 is 10.0 Å². The van der Waals surface area contributed by atoms with E-state index in [9.17, 15) is 8.42 Å². The average Bonchev–Trinajstić information content (AvgIpc) is 2.78. The Bertz CT molecular complexity index is 659. The Morgan fingerprint density at radius 2 is 1.79 bits per heavy atom. The third-order valence-corrected chi connectivity index (χ3v) is 4.53. The first-order chi connectivity index (χ1) is 8.90. The van der Waals surface area contributed by atoms with Gasteiger partial charge in [0.1, 0.15) is 0 Å². The van der Waals surface area contributed by atoms with Crippen LogP contribution in [0.5, 0.6) is 0 Å². The molecular weight excluding hydrogens is 330 g/mol. The maximum Gasteiger partial charge on any atom is 0.274 e. The van der Waals surface area contributed by atoms with Crippen LogP contribution in [-0.4, -0.2) is 14.5 Å². The van der Waals surface area contributed by atoms with Crippen molar-refractivity contribution in [2.75, 3.05) is 0 Å². The minimum Gasteiger partial charge on any atom is -0.451 e. The lowest BCUT2D eigenvalue weighted by molar-refractivity contribution is 0.445. The van der Waals surface area contributed by atoms with E-state index in [0.29, 0.717) is 5.56 Å². The fourth-order valence-corrected chi connectivity index (χ4v) is 3.36. The minimum absolute atomic E-state index is 0.0523. The van der Waals surface area contributed by atoms with Crippen molar-refractivity contribution in [1.29, 1.82) is 0 Å². The molecule has 0 aliphatic carbocycles. The van der Waals surface area contributed by atoms with Gasteiger partial charge in [0.25, 0.3) is 10.0 Å².